The second-order valence-corrected chi connectivity index (χ2v) is 2.95. The van der Waals surface area contributed by atoms with Crippen molar-refractivity contribution in [3.8, 4) is 0 Å². The third-order valence-corrected chi connectivity index (χ3v) is 2.00. The molecule has 0 saturated heterocycles. The van der Waals surface area contributed by atoms with Crippen LogP contribution in [-0.2, 0) is 4.84 Å². The van der Waals surface area contributed by atoms with E-state index in [2.05, 4.69) is 32.6 Å². The molecule has 0 aliphatic heterocycles. The number of oxime groups is 1. The van der Waals surface area contributed by atoms with Gasteiger partial charge in [0.25, 0.3) is 0 Å². The lowest BCUT2D eigenvalue weighted by molar-refractivity contribution is 0.215. The van der Waals surface area contributed by atoms with Crippen molar-refractivity contribution >= 4 is 26.3 Å². The number of hydrogen-bond acceptors (Lipinski definition) is 2. The maximum atomic E-state index is 4.64. The minimum Gasteiger partial charge on any atom is -0.398 e. The summed E-state index contributed by atoms with van der Waals surface area (Å²) in [5.74, 6) is 0. The van der Waals surface area contributed by atoms with Crippen LogP contribution in [-0.4, -0.2) is 10.8 Å². The molecule has 1 aromatic rings. The molecule has 0 spiro atoms. The second kappa shape index (κ2) is 4.33. The Hall–Kier alpha value is -0.580. The average molecular weight is 261 g/mol. The molecule has 0 aromatic heterocycles. The molecular weight excluding hydrogens is 253 g/mol. The standard InChI is InChI=1S/C8H8INO/c1-11-10-8(9)7-5-3-2-4-6-7/h2-6H,1H3/b10-8-. The van der Waals surface area contributed by atoms with Crippen LogP contribution in [0.5, 0.6) is 0 Å². The van der Waals surface area contributed by atoms with Crippen molar-refractivity contribution in [3.63, 3.8) is 0 Å². The first kappa shape index (κ1) is 8.52. The minimum absolute atomic E-state index is 0.866. The fourth-order valence-corrected chi connectivity index (χ4v) is 1.27. The highest BCUT2D eigenvalue weighted by Crippen LogP contribution is 2.06. The third-order valence-electron chi connectivity index (χ3n) is 1.18. The van der Waals surface area contributed by atoms with Crippen molar-refractivity contribution in [2.24, 2.45) is 5.16 Å². The molecule has 0 atom stereocenters. The SMILES string of the molecule is CO/N=C(\I)c1ccccc1. The van der Waals surface area contributed by atoms with Gasteiger partial charge in [0.05, 0.1) is 0 Å². The predicted octanol–water partition coefficient (Wildman–Crippen LogP) is 2.43. The van der Waals surface area contributed by atoms with Gasteiger partial charge in [0.1, 0.15) is 10.8 Å². The van der Waals surface area contributed by atoms with Gasteiger partial charge in [0, 0.05) is 5.56 Å². The Morgan fingerprint density at radius 2 is 2.00 bits per heavy atom. The van der Waals surface area contributed by atoms with Crippen LogP contribution in [0.3, 0.4) is 0 Å². The van der Waals surface area contributed by atoms with E-state index >= 15 is 0 Å². The van der Waals surface area contributed by atoms with Crippen molar-refractivity contribution in [1.29, 1.82) is 0 Å². The summed E-state index contributed by atoms with van der Waals surface area (Å²) < 4.78 is 0.866. The Balaban J connectivity index is 2.85. The molecule has 0 aliphatic rings. The quantitative estimate of drug-likeness (QED) is 0.455. The van der Waals surface area contributed by atoms with E-state index in [9.17, 15) is 0 Å². The molecule has 3 heteroatoms. The largest absolute Gasteiger partial charge is 0.398 e. The summed E-state index contributed by atoms with van der Waals surface area (Å²) in [6.45, 7) is 0. The molecule has 2 nitrogen and oxygen atoms in total. The van der Waals surface area contributed by atoms with E-state index in [0.717, 1.165) is 9.28 Å². The molecular formula is C8H8INO. The number of hydrogen-bond donors (Lipinski definition) is 0. The van der Waals surface area contributed by atoms with Gasteiger partial charge in [0.15, 0.2) is 0 Å². The maximum Gasteiger partial charge on any atom is 0.147 e. The minimum atomic E-state index is 0.866. The first-order valence-electron chi connectivity index (χ1n) is 3.16. The maximum absolute atomic E-state index is 4.64. The molecule has 0 bridgehead atoms. The first-order chi connectivity index (χ1) is 5.34. The van der Waals surface area contributed by atoms with E-state index < -0.39 is 0 Å². The van der Waals surface area contributed by atoms with Crippen LogP contribution in [0.25, 0.3) is 0 Å². The highest BCUT2D eigenvalue weighted by atomic mass is 127. The van der Waals surface area contributed by atoms with E-state index in [4.69, 9.17) is 0 Å². The Morgan fingerprint density at radius 3 is 2.55 bits per heavy atom. The van der Waals surface area contributed by atoms with Crippen molar-refractivity contribution in [1.82, 2.24) is 0 Å². The van der Waals surface area contributed by atoms with Crippen molar-refractivity contribution in [3.05, 3.63) is 35.9 Å². The van der Waals surface area contributed by atoms with Gasteiger partial charge in [-0.1, -0.05) is 35.5 Å². The molecule has 0 unspecified atom stereocenters. The zero-order valence-electron chi connectivity index (χ0n) is 6.12. The van der Waals surface area contributed by atoms with Crippen LogP contribution in [0.1, 0.15) is 5.56 Å². The molecule has 1 rings (SSSR count). The fourth-order valence-electron chi connectivity index (χ4n) is 0.709. The van der Waals surface area contributed by atoms with Crippen LogP contribution in [0, 0.1) is 0 Å². The number of halogens is 1. The van der Waals surface area contributed by atoms with Gasteiger partial charge in [-0.05, 0) is 22.6 Å². The van der Waals surface area contributed by atoms with Crippen LogP contribution < -0.4 is 0 Å². The van der Waals surface area contributed by atoms with Gasteiger partial charge in [-0.2, -0.15) is 0 Å². The van der Waals surface area contributed by atoms with Crippen LogP contribution in [0.2, 0.25) is 0 Å². The van der Waals surface area contributed by atoms with Gasteiger partial charge in [-0.15, -0.1) is 0 Å². The zero-order valence-corrected chi connectivity index (χ0v) is 8.28. The van der Waals surface area contributed by atoms with Gasteiger partial charge in [-0.25, -0.2) is 0 Å². The average Bonchev–Trinajstić information content (AvgIpc) is 2.07. The van der Waals surface area contributed by atoms with E-state index in [1.165, 1.54) is 0 Å². The Labute approximate surface area is 79.4 Å². The molecule has 58 valence electrons. The number of rotatable bonds is 2. The summed E-state index contributed by atoms with van der Waals surface area (Å²) in [5.41, 5.74) is 1.08. The van der Waals surface area contributed by atoms with Gasteiger partial charge < -0.3 is 4.84 Å². The second-order valence-electron chi connectivity index (χ2n) is 1.93. The molecule has 1 aromatic carbocycles. The Kier molecular flexibility index (Phi) is 3.35. The smallest absolute Gasteiger partial charge is 0.147 e. The summed E-state index contributed by atoms with van der Waals surface area (Å²) in [5, 5.41) is 3.80. The van der Waals surface area contributed by atoms with Gasteiger partial charge >= 0.3 is 0 Å². The van der Waals surface area contributed by atoms with E-state index in [0.29, 0.717) is 0 Å². The van der Waals surface area contributed by atoms with Crippen molar-refractivity contribution in [2.45, 2.75) is 0 Å². The topological polar surface area (TPSA) is 21.6 Å². The van der Waals surface area contributed by atoms with Crippen LogP contribution in [0.4, 0.5) is 0 Å². The molecule has 0 N–H and O–H groups in total. The van der Waals surface area contributed by atoms with Gasteiger partial charge in [-0.3, -0.25) is 0 Å². The first-order valence-corrected chi connectivity index (χ1v) is 4.24. The lowest BCUT2D eigenvalue weighted by Gasteiger charge is -1.95. The highest BCUT2D eigenvalue weighted by Gasteiger charge is 1.95. The molecule has 0 aliphatic carbocycles. The van der Waals surface area contributed by atoms with Crippen molar-refractivity contribution < 1.29 is 4.84 Å². The summed E-state index contributed by atoms with van der Waals surface area (Å²) in [4.78, 5) is 4.64. The molecule has 0 saturated carbocycles. The van der Waals surface area contributed by atoms with Crippen LogP contribution >= 0.6 is 22.6 Å². The van der Waals surface area contributed by atoms with E-state index in [1.54, 1.807) is 7.11 Å². The van der Waals surface area contributed by atoms with E-state index in [1.807, 2.05) is 30.3 Å². The molecule has 0 fully saturated rings. The summed E-state index contributed by atoms with van der Waals surface area (Å²) in [6, 6.07) is 9.90. The molecule has 0 amide bonds. The lowest BCUT2D eigenvalue weighted by atomic mass is 10.2. The van der Waals surface area contributed by atoms with Crippen LogP contribution in [0.15, 0.2) is 35.5 Å². The fraction of sp³-hybridized carbons (Fsp3) is 0.125. The molecule has 11 heavy (non-hydrogen) atoms. The summed E-state index contributed by atoms with van der Waals surface area (Å²) in [7, 11) is 1.54. The number of nitrogens with zero attached hydrogens (tertiary/aromatic N) is 1. The number of benzene rings is 1. The lowest BCUT2D eigenvalue weighted by Crippen LogP contribution is -1.89. The summed E-state index contributed by atoms with van der Waals surface area (Å²) in [6.07, 6.45) is 0. The zero-order chi connectivity index (χ0) is 8.10. The monoisotopic (exact) mass is 261 g/mol. The van der Waals surface area contributed by atoms with Gasteiger partial charge in [0.2, 0.25) is 0 Å². The third kappa shape index (κ3) is 2.49. The molecule has 0 radical (unpaired) electrons. The Bertz CT molecular complexity index is 246. The highest BCUT2D eigenvalue weighted by molar-refractivity contribution is 14.1. The van der Waals surface area contributed by atoms with E-state index in [-0.39, 0.29) is 0 Å². The normalized spacial score (nSPS) is 11.3. The summed E-state index contributed by atoms with van der Waals surface area (Å²) >= 11 is 2.13. The molecule has 0 heterocycles. The Morgan fingerprint density at radius 1 is 1.36 bits per heavy atom. The van der Waals surface area contributed by atoms with Crippen molar-refractivity contribution in [2.75, 3.05) is 7.11 Å². The predicted molar refractivity (Wildman–Crippen MR) is 54.0 cm³/mol.